The van der Waals surface area contributed by atoms with Crippen molar-refractivity contribution in [2.75, 3.05) is 6.26 Å². The minimum Gasteiger partial charge on any atom is -0.480 e. The first kappa shape index (κ1) is 27.7. The normalized spacial score (nSPS) is 13.1. The lowest BCUT2D eigenvalue weighted by atomic mass is 10.0. The maximum Gasteiger partial charge on any atom is 0.326 e. The minimum atomic E-state index is -3.46. The summed E-state index contributed by atoms with van der Waals surface area (Å²) in [6.07, 6.45) is 1.14. The number of aryl methyl sites for hydroxylation is 1. The molecule has 0 radical (unpaired) electrons. The third kappa shape index (κ3) is 7.54. The molecule has 3 aromatic carbocycles. The highest BCUT2D eigenvalue weighted by atomic mass is 35.5. The van der Waals surface area contributed by atoms with Crippen LogP contribution in [0.4, 0.5) is 0 Å². The van der Waals surface area contributed by atoms with Crippen molar-refractivity contribution in [3.8, 4) is 0 Å². The molecule has 0 saturated heterocycles. The molecule has 0 aliphatic rings. The summed E-state index contributed by atoms with van der Waals surface area (Å²) in [6, 6.07) is 16.4. The van der Waals surface area contributed by atoms with Crippen LogP contribution in [0, 0.1) is 0 Å². The average molecular weight is 550 g/mol. The van der Waals surface area contributed by atoms with Crippen LogP contribution in [0.2, 0.25) is 10.0 Å². The van der Waals surface area contributed by atoms with Crippen molar-refractivity contribution in [2.24, 2.45) is 0 Å². The van der Waals surface area contributed by atoms with Crippen LogP contribution in [0.15, 0.2) is 71.6 Å². The molecule has 0 fully saturated rings. The first-order valence-corrected chi connectivity index (χ1v) is 13.6. The van der Waals surface area contributed by atoms with Gasteiger partial charge in [0.15, 0.2) is 9.84 Å². The van der Waals surface area contributed by atoms with Crippen molar-refractivity contribution in [1.82, 2.24) is 5.32 Å². The van der Waals surface area contributed by atoms with Crippen LogP contribution in [-0.2, 0) is 27.5 Å². The molecule has 0 bridgehead atoms. The monoisotopic (exact) mass is 549 g/mol. The van der Waals surface area contributed by atoms with Gasteiger partial charge in [0.05, 0.1) is 21.6 Å². The van der Waals surface area contributed by atoms with Crippen LogP contribution in [0.1, 0.15) is 39.6 Å². The van der Waals surface area contributed by atoms with E-state index in [9.17, 15) is 28.2 Å². The van der Waals surface area contributed by atoms with Crippen LogP contribution in [0.3, 0.4) is 0 Å². The predicted octanol–water partition coefficient (Wildman–Crippen LogP) is 4.49. The number of halogens is 2. The van der Waals surface area contributed by atoms with Gasteiger partial charge in [0, 0.05) is 17.7 Å². The minimum absolute atomic E-state index is 0.0644. The fraction of sp³-hybridized carbons (Fsp3) is 0.231. The molecule has 0 aliphatic heterocycles. The van der Waals surface area contributed by atoms with Gasteiger partial charge >= 0.3 is 5.97 Å². The number of hydrogen-bond donors (Lipinski definition) is 3. The Morgan fingerprint density at radius 1 is 0.972 bits per heavy atom. The first-order valence-electron chi connectivity index (χ1n) is 11.0. The summed E-state index contributed by atoms with van der Waals surface area (Å²) in [4.78, 5) is 24.6. The van der Waals surface area contributed by atoms with E-state index in [-0.39, 0.29) is 21.9 Å². The Hall–Kier alpha value is -2.91. The molecule has 3 rings (SSSR count). The SMILES string of the molecule is CS(=O)(=O)c1cccc(C[C@H](NC(=O)c2ccc(CCC(O)c3cccc(Cl)c3)cc2Cl)C(=O)O)c1. The lowest BCUT2D eigenvalue weighted by Gasteiger charge is -2.16. The zero-order valence-electron chi connectivity index (χ0n) is 19.3. The number of carbonyl (C=O) groups is 2. The second-order valence-electron chi connectivity index (χ2n) is 8.41. The van der Waals surface area contributed by atoms with E-state index in [1.165, 1.54) is 24.3 Å². The van der Waals surface area contributed by atoms with E-state index in [4.69, 9.17) is 23.2 Å². The molecule has 10 heteroatoms. The van der Waals surface area contributed by atoms with Crippen molar-refractivity contribution >= 4 is 44.9 Å². The Balaban J connectivity index is 1.67. The highest BCUT2D eigenvalue weighted by molar-refractivity contribution is 7.90. The summed E-state index contributed by atoms with van der Waals surface area (Å²) in [5, 5.41) is 23.1. The number of benzene rings is 3. The summed E-state index contributed by atoms with van der Waals surface area (Å²) >= 11 is 12.3. The molecule has 0 saturated carbocycles. The van der Waals surface area contributed by atoms with E-state index in [0.29, 0.717) is 29.0 Å². The van der Waals surface area contributed by atoms with Gasteiger partial charge in [-0.25, -0.2) is 13.2 Å². The number of nitrogens with one attached hydrogen (secondary N) is 1. The number of sulfone groups is 1. The molecular formula is C26H25Cl2NO6S. The number of rotatable bonds is 10. The molecule has 190 valence electrons. The van der Waals surface area contributed by atoms with Gasteiger partial charge in [-0.2, -0.15) is 0 Å². The number of hydrogen-bond acceptors (Lipinski definition) is 5. The molecule has 3 aromatic rings. The molecule has 36 heavy (non-hydrogen) atoms. The maximum atomic E-state index is 12.8. The van der Waals surface area contributed by atoms with Gasteiger partial charge in [-0.1, -0.05) is 53.5 Å². The summed E-state index contributed by atoms with van der Waals surface area (Å²) in [5.74, 6) is -1.94. The smallest absolute Gasteiger partial charge is 0.326 e. The molecule has 0 aliphatic carbocycles. The van der Waals surface area contributed by atoms with Crippen molar-refractivity contribution in [2.45, 2.75) is 36.3 Å². The van der Waals surface area contributed by atoms with Crippen LogP contribution < -0.4 is 5.32 Å². The van der Waals surface area contributed by atoms with Gasteiger partial charge in [-0.15, -0.1) is 0 Å². The molecular weight excluding hydrogens is 525 g/mol. The van der Waals surface area contributed by atoms with Gasteiger partial charge in [0.25, 0.3) is 5.91 Å². The summed E-state index contributed by atoms with van der Waals surface area (Å²) in [7, 11) is -3.46. The quantitative estimate of drug-likeness (QED) is 0.342. The second-order valence-corrected chi connectivity index (χ2v) is 11.3. The van der Waals surface area contributed by atoms with Crippen molar-refractivity contribution < 1.29 is 28.2 Å². The Morgan fingerprint density at radius 3 is 2.33 bits per heavy atom. The van der Waals surface area contributed by atoms with Crippen LogP contribution >= 0.6 is 23.2 Å². The van der Waals surface area contributed by atoms with Crippen molar-refractivity contribution in [3.63, 3.8) is 0 Å². The zero-order valence-corrected chi connectivity index (χ0v) is 21.6. The molecule has 7 nitrogen and oxygen atoms in total. The van der Waals surface area contributed by atoms with Gasteiger partial charge in [-0.3, -0.25) is 4.79 Å². The van der Waals surface area contributed by atoms with E-state index in [0.717, 1.165) is 11.8 Å². The van der Waals surface area contributed by atoms with Gasteiger partial charge in [-0.05, 0) is 65.9 Å². The predicted molar refractivity (Wildman–Crippen MR) is 138 cm³/mol. The third-order valence-corrected chi connectivity index (χ3v) is 7.25. The van der Waals surface area contributed by atoms with Gasteiger partial charge in [0.2, 0.25) is 0 Å². The standard InChI is InChI=1S/C26H25Cl2NO6S/c1-36(34,35)20-7-2-4-17(12-20)14-23(26(32)33)29-25(31)21-10-8-16(13-22(21)28)9-11-24(30)18-5-3-6-19(27)15-18/h2-8,10,12-13,15,23-24,30H,9,11,14H2,1H3,(H,29,31)(H,32,33)/t23-,24?/m0/s1. The van der Waals surface area contributed by atoms with E-state index in [1.807, 2.05) is 0 Å². The largest absolute Gasteiger partial charge is 0.480 e. The summed E-state index contributed by atoms with van der Waals surface area (Å²) < 4.78 is 23.6. The Labute approximate surface area is 219 Å². The highest BCUT2D eigenvalue weighted by Crippen LogP contribution is 2.24. The Morgan fingerprint density at radius 2 is 1.69 bits per heavy atom. The number of aliphatic hydroxyl groups is 1. The third-order valence-electron chi connectivity index (χ3n) is 5.59. The number of carboxylic acids is 1. The van der Waals surface area contributed by atoms with Gasteiger partial charge < -0.3 is 15.5 Å². The number of aliphatic carboxylic acids is 1. The molecule has 0 spiro atoms. The maximum absolute atomic E-state index is 12.8. The Kier molecular flexibility index (Phi) is 9.13. The van der Waals surface area contributed by atoms with E-state index < -0.39 is 33.9 Å². The topological polar surface area (TPSA) is 121 Å². The number of amides is 1. The van der Waals surface area contributed by atoms with Crippen molar-refractivity contribution in [1.29, 1.82) is 0 Å². The lowest BCUT2D eigenvalue weighted by Crippen LogP contribution is -2.42. The van der Waals surface area contributed by atoms with Gasteiger partial charge in [0.1, 0.15) is 6.04 Å². The van der Waals surface area contributed by atoms with Crippen LogP contribution in [0.5, 0.6) is 0 Å². The number of carboxylic acid groups (broad SMARTS) is 1. The second kappa shape index (κ2) is 11.9. The van der Waals surface area contributed by atoms with E-state index in [1.54, 1.807) is 42.5 Å². The average Bonchev–Trinajstić information content (AvgIpc) is 2.81. The van der Waals surface area contributed by atoms with Crippen LogP contribution in [-0.4, -0.2) is 42.8 Å². The zero-order chi connectivity index (χ0) is 26.5. The molecule has 1 unspecified atom stereocenters. The molecule has 0 heterocycles. The fourth-order valence-corrected chi connectivity index (χ4v) is 4.84. The summed E-state index contributed by atoms with van der Waals surface area (Å²) in [6.45, 7) is 0. The molecule has 2 atom stereocenters. The highest BCUT2D eigenvalue weighted by Gasteiger charge is 2.23. The number of carbonyl (C=O) groups excluding carboxylic acids is 1. The van der Waals surface area contributed by atoms with E-state index >= 15 is 0 Å². The van der Waals surface area contributed by atoms with E-state index in [2.05, 4.69) is 5.32 Å². The molecule has 1 amide bonds. The summed E-state index contributed by atoms with van der Waals surface area (Å²) in [5.41, 5.74) is 2.05. The lowest BCUT2D eigenvalue weighted by molar-refractivity contribution is -0.139. The van der Waals surface area contributed by atoms with Crippen molar-refractivity contribution in [3.05, 3.63) is 99.0 Å². The fourth-order valence-electron chi connectivity index (χ4n) is 3.66. The molecule has 3 N–H and O–H groups in total. The Bertz CT molecular complexity index is 1380. The molecule has 0 aromatic heterocycles. The number of aliphatic hydroxyl groups excluding tert-OH is 1. The first-order chi connectivity index (χ1) is 16.9. The van der Waals surface area contributed by atoms with Crippen LogP contribution in [0.25, 0.3) is 0 Å².